The molecule has 2 N–H and O–H groups in total. The Labute approximate surface area is 138 Å². The van der Waals surface area contributed by atoms with Gasteiger partial charge >= 0.3 is 5.97 Å². The van der Waals surface area contributed by atoms with E-state index >= 15 is 0 Å². The zero-order valence-corrected chi connectivity index (χ0v) is 13.1. The topological polar surface area (TPSA) is 49.3 Å². The number of halogens is 3. The van der Waals surface area contributed by atoms with Crippen LogP contribution in [0.2, 0.25) is 0 Å². The molecule has 128 valence electrons. The first-order valence-electron chi connectivity index (χ1n) is 7.53. The quantitative estimate of drug-likeness (QED) is 0.755. The van der Waals surface area contributed by atoms with Crippen LogP contribution in [-0.2, 0) is 11.2 Å². The van der Waals surface area contributed by atoms with E-state index in [1.807, 2.05) is 37.3 Å². The van der Waals surface area contributed by atoms with Crippen molar-refractivity contribution in [1.29, 1.82) is 0 Å². The van der Waals surface area contributed by atoms with Crippen molar-refractivity contribution in [3.8, 4) is 0 Å². The third-order valence-corrected chi connectivity index (χ3v) is 3.76. The minimum atomic E-state index is -1.27. The molecule has 3 nitrogen and oxygen atoms in total. The van der Waals surface area contributed by atoms with E-state index in [0.717, 1.165) is 11.6 Å². The number of hydrogen-bond donors (Lipinski definition) is 2. The Morgan fingerprint density at radius 2 is 1.71 bits per heavy atom. The summed E-state index contributed by atoms with van der Waals surface area (Å²) in [5.41, 5.74) is 0.881. The van der Waals surface area contributed by atoms with Crippen molar-refractivity contribution in [3.63, 3.8) is 0 Å². The molecule has 0 fully saturated rings. The van der Waals surface area contributed by atoms with Gasteiger partial charge in [0, 0.05) is 18.2 Å². The highest BCUT2D eigenvalue weighted by molar-refractivity contribution is 5.67. The molecule has 0 heterocycles. The van der Waals surface area contributed by atoms with Gasteiger partial charge in [-0.25, -0.2) is 13.2 Å². The molecule has 2 rings (SSSR count). The van der Waals surface area contributed by atoms with E-state index in [1.165, 1.54) is 0 Å². The fourth-order valence-electron chi connectivity index (χ4n) is 2.58. The average molecular weight is 337 g/mol. The normalized spacial score (nSPS) is 13.5. The van der Waals surface area contributed by atoms with Gasteiger partial charge in [0.15, 0.2) is 11.6 Å². The SMILES string of the molecule is C[C@@H](NC(CC(=O)O)Cc1cc(F)c(F)cc1F)c1ccccc1. The largest absolute Gasteiger partial charge is 0.481 e. The Balaban J connectivity index is 2.17. The summed E-state index contributed by atoms with van der Waals surface area (Å²) in [6.07, 6.45) is -0.331. The molecule has 2 atom stereocenters. The van der Waals surface area contributed by atoms with E-state index in [0.29, 0.717) is 6.07 Å². The van der Waals surface area contributed by atoms with E-state index in [-0.39, 0.29) is 24.4 Å². The molecule has 0 aliphatic rings. The van der Waals surface area contributed by atoms with E-state index in [2.05, 4.69) is 5.32 Å². The van der Waals surface area contributed by atoms with E-state index < -0.39 is 29.5 Å². The molecule has 0 aromatic heterocycles. The van der Waals surface area contributed by atoms with Crippen LogP contribution in [0.25, 0.3) is 0 Å². The highest BCUT2D eigenvalue weighted by Gasteiger charge is 2.20. The predicted molar refractivity (Wildman–Crippen MR) is 84.1 cm³/mol. The molecular weight excluding hydrogens is 319 g/mol. The van der Waals surface area contributed by atoms with Crippen LogP contribution in [0.4, 0.5) is 13.2 Å². The Kier molecular flexibility index (Phi) is 5.98. The Morgan fingerprint density at radius 3 is 2.33 bits per heavy atom. The minimum absolute atomic E-state index is 0.0621. The third kappa shape index (κ3) is 4.83. The van der Waals surface area contributed by atoms with Gasteiger partial charge in [-0.05, 0) is 30.5 Å². The maximum absolute atomic E-state index is 13.8. The van der Waals surface area contributed by atoms with Gasteiger partial charge in [-0.2, -0.15) is 0 Å². The van der Waals surface area contributed by atoms with Gasteiger partial charge < -0.3 is 10.4 Å². The first-order chi connectivity index (χ1) is 11.4. The summed E-state index contributed by atoms with van der Waals surface area (Å²) >= 11 is 0. The highest BCUT2D eigenvalue weighted by Crippen LogP contribution is 2.19. The third-order valence-electron chi connectivity index (χ3n) is 3.76. The van der Waals surface area contributed by atoms with Crippen molar-refractivity contribution in [2.24, 2.45) is 0 Å². The number of carbonyl (C=O) groups is 1. The summed E-state index contributed by atoms with van der Waals surface area (Å²) in [6.45, 7) is 1.85. The monoisotopic (exact) mass is 337 g/mol. The van der Waals surface area contributed by atoms with Crippen molar-refractivity contribution >= 4 is 5.97 Å². The average Bonchev–Trinajstić information content (AvgIpc) is 2.52. The van der Waals surface area contributed by atoms with Crippen LogP contribution in [0.1, 0.15) is 30.5 Å². The van der Waals surface area contributed by atoms with Crippen molar-refractivity contribution in [3.05, 3.63) is 71.0 Å². The van der Waals surface area contributed by atoms with Crippen molar-refractivity contribution in [1.82, 2.24) is 5.32 Å². The van der Waals surface area contributed by atoms with Crippen molar-refractivity contribution < 1.29 is 23.1 Å². The number of benzene rings is 2. The van der Waals surface area contributed by atoms with Gasteiger partial charge in [0.1, 0.15) is 5.82 Å². The number of aliphatic carboxylic acids is 1. The number of carboxylic acid groups (broad SMARTS) is 1. The van der Waals surface area contributed by atoms with Crippen molar-refractivity contribution in [2.45, 2.75) is 31.8 Å². The lowest BCUT2D eigenvalue weighted by molar-refractivity contribution is -0.137. The fraction of sp³-hybridized carbons (Fsp3) is 0.278. The van der Waals surface area contributed by atoms with Gasteiger partial charge in [-0.15, -0.1) is 0 Å². The number of rotatable bonds is 7. The molecule has 0 radical (unpaired) electrons. The maximum atomic E-state index is 13.8. The first-order valence-corrected chi connectivity index (χ1v) is 7.53. The second-order valence-electron chi connectivity index (χ2n) is 5.66. The van der Waals surface area contributed by atoms with Crippen LogP contribution >= 0.6 is 0 Å². The van der Waals surface area contributed by atoms with Crippen LogP contribution in [0.15, 0.2) is 42.5 Å². The van der Waals surface area contributed by atoms with Crippen LogP contribution in [-0.4, -0.2) is 17.1 Å². The Hall–Kier alpha value is -2.34. The molecule has 0 aliphatic carbocycles. The highest BCUT2D eigenvalue weighted by atomic mass is 19.2. The fourth-order valence-corrected chi connectivity index (χ4v) is 2.58. The molecular formula is C18H18F3NO2. The lowest BCUT2D eigenvalue weighted by Crippen LogP contribution is -2.35. The van der Waals surface area contributed by atoms with Gasteiger partial charge in [-0.3, -0.25) is 4.79 Å². The molecule has 1 unspecified atom stereocenters. The number of hydrogen-bond acceptors (Lipinski definition) is 2. The van der Waals surface area contributed by atoms with Crippen LogP contribution in [0, 0.1) is 17.5 Å². The molecule has 0 spiro atoms. The molecule has 0 amide bonds. The molecule has 0 bridgehead atoms. The molecule has 6 heteroatoms. The maximum Gasteiger partial charge on any atom is 0.304 e. The van der Waals surface area contributed by atoms with Gasteiger partial charge in [0.05, 0.1) is 6.42 Å². The van der Waals surface area contributed by atoms with Crippen molar-refractivity contribution in [2.75, 3.05) is 0 Å². The standard InChI is InChI=1S/C18H18F3NO2/c1-11(12-5-3-2-4-6-12)22-14(9-18(23)24)7-13-8-16(20)17(21)10-15(13)19/h2-6,8,10-11,14,22H,7,9H2,1H3,(H,23,24)/t11-,14?/m1/s1. The summed E-state index contributed by atoms with van der Waals surface area (Å²) in [6, 6.07) is 9.78. The number of carboxylic acids is 1. The zero-order chi connectivity index (χ0) is 17.7. The molecule has 2 aromatic rings. The summed E-state index contributed by atoms with van der Waals surface area (Å²) in [5.74, 6) is -4.37. The van der Waals surface area contributed by atoms with Gasteiger partial charge in [0.2, 0.25) is 0 Å². The first kappa shape index (κ1) is 18.0. The Morgan fingerprint density at radius 1 is 1.08 bits per heavy atom. The summed E-state index contributed by atoms with van der Waals surface area (Å²) < 4.78 is 40.1. The molecule has 0 saturated heterocycles. The summed E-state index contributed by atoms with van der Waals surface area (Å²) in [5, 5.41) is 12.2. The van der Waals surface area contributed by atoms with Crippen LogP contribution in [0.5, 0.6) is 0 Å². The van der Waals surface area contributed by atoms with Gasteiger partial charge in [0.25, 0.3) is 0 Å². The molecule has 0 saturated carbocycles. The van der Waals surface area contributed by atoms with Gasteiger partial charge in [-0.1, -0.05) is 30.3 Å². The summed E-state index contributed by atoms with van der Waals surface area (Å²) in [7, 11) is 0. The molecule has 0 aliphatic heterocycles. The summed E-state index contributed by atoms with van der Waals surface area (Å²) in [4.78, 5) is 11.1. The van der Waals surface area contributed by atoms with Crippen LogP contribution < -0.4 is 5.32 Å². The second kappa shape index (κ2) is 7.97. The predicted octanol–water partition coefficient (Wildman–Crippen LogP) is 3.84. The Bertz CT molecular complexity index is 707. The second-order valence-corrected chi connectivity index (χ2v) is 5.66. The lowest BCUT2D eigenvalue weighted by atomic mass is 10.00. The molecule has 24 heavy (non-hydrogen) atoms. The molecule has 2 aromatic carbocycles. The minimum Gasteiger partial charge on any atom is -0.481 e. The smallest absolute Gasteiger partial charge is 0.304 e. The van der Waals surface area contributed by atoms with E-state index in [1.54, 1.807) is 0 Å². The van der Waals surface area contributed by atoms with E-state index in [9.17, 15) is 18.0 Å². The number of nitrogens with one attached hydrogen (secondary N) is 1. The van der Waals surface area contributed by atoms with E-state index in [4.69, 9.17) is 5.11 Å². The lowest BCUT2D eigenvalue weighted by Gasteiger charge is -2.23. The zero-order valence-electron chi connectivity index (χ0n) is 13.1. The van der Waals surface area contributed by atoms with Crippen LogP contribution in [0.3, 0.4) is 0 Å².